The van der Waals surface area contributed by atoms with Gasteiger partial charge in [-0.1, -0.05) is 24.3 Å². The highest BCUT2D eigenvalue weighted by Crippen LogP contribution is 2.24. The zero-order valence-corrected chi connectivity index (χ0v) is 17.1. The molecule has 0 atom stereocenters. The van der Waals surface area contributed by atoms with Gasteiger partial charge in [0.2, 0.25) is 0 Å². The zero-order valence-electron chi connectivity index (χ0n) is 14.8. The molecular weight excluding hydrogens is 474 g/mol. The molecule has 0 aliphatic carbocycles. The molecule has 148 valence electrons. The van der Waals surface area contributed by atoms with Crippen molar-refractivity contribution in [3.63, 3.8) is 0 Å². The van der Waals surface area contributed by atoms with E-state index in [-0.39, 0.29) is 41.4 Å². The van der Waals surface area contributed by atoms with Gasteiger partial charge in [-0.15, -0.1) is 37.1 Å². The quantitative estimate of drug-likeness (QED) is 0.331. The number of rotatable bonds is 5. The zero-order chi connectivity index (χ0) is 19.3. The third-order valence-electron chi connectivity index (χ3n) is 3.61. The number of alkyl halides is 3. The molecule has 27 heavy (non-hydrogen) atoms. The van der Waals surface area contributed by atoms with Crippen LogP contribution in [0.25, 0.3) is 0 Å². The molecule has 0 aromatic heterocycles. The van der Waals surface area contributed by atoms with E-state index in [4.69, 9.17) is 5.73 Å². The van der Waals surface area contributed by atoms with E-state index in [0.717, 1.165) is 22.3 Å². The van der Waals surface area contributed by atoms with Crippen molar-refractivity contribution in [2.75, 3.05) is 0 Å². The van der Waals surface area contributed by atoms with Crippen molar-refractivity contribution < 1.29 is 23.0 Å². The largest absolute Gasteiger partial charge is 0.573 e. The second-order valence-corrected chi connectivity index (χ2v) is 5.82. The molecule has 0 radical (unpaired) electrons. The van der Waals surface area contributed by atoms with Crippen LogP contribution < -0.4 is 15.8 Å². The first-order valence-corrected chi connectivity index (χ1v) is 7.81. The molecule has 0 unspecified atom stereocenters. The highest BCUT2D eigenvalue weighted by molar-refractivity contribution is 14.0. The summed E-state index contributed by atoms with van der Waals surface area (Å²) in [5.41, 5.74) is 8.98. The summed E-state index contributed by atoms with van der Waals surface area (Å²) in [7, 11) is 0. The molecule has 0 aliphatic rings. The number of halogens is 4. The Labute approximate surface area is 172 Å². The molecule has 2 rings (SSSR count). The average Bonchev–Trinajstić information content (AvgIpc) is 2.55. The van der Waals surface area contributed by atoms with Gasteiger partial charge in [-0.3, -0.25) is 0 Å². The Morgan fingerprint density at radius 2 is 1.67 bits per heavy atom. The number of guanidine groups is 1. The molecule has 0 fully saturated rings. The Bertz CT molecular complexity index is 770. The molecule has 4 N–H and O–H groups in total. The summed E-state index contributed by atoms with van der Waals surface area (Å²) in [4.78, 5) is 4.22. The minimum atomic E-state index is -4.71. The van der Waals surface area contributed by atoms with E-state index < -0.39 is 6.36 Å². The Morgan fingerprint density at radius 1 is 1.11 bits per heavy atom. The fraction of sp³-hybridized carbons (Fsp3) is 0.278. The molecule has 9 heteroatoms. The molecule has 5 nitrogen and oxygen atoms in total. The van der Waals surface area contributed by atoms with Gasteiger partial charge in [0.1, 0.15) is 11.5 Å². The van der Waals surface area contributed by atoms with Gasteiger partial charge in [-0.2, -0.15) is 0 Å². The summed E-state index contributed by atoms with van der Waals surface area (Å²) in [6.45, 7) is 4.28. The summed E-state index contributed by atoms with van der Waals surface area (Å²) < 4.78 is 40.1. The van der Waals surface area contributed by atoms with E-state index in [1.54, 1.807) is 0 Å². The number of ether oxygens (including phenoxy) is 1. The maximum atomic E-state index is 12.1. The molecular formula is C18H21F3IN3O2. The third kappa shape index (κ3) is 7.53. The number of hydrogen-bond donors (Lipinski definition) is 3. The number of phenolic OH excluding ortho intramolecular Hbond substituents is 1. The number of phenols is 1. The molecule has 0 saturated heterocycles. The van der Waals surface area contributed by atoms with E-state index in [1.165, 1.54) is 24.3 Å². The van der Waals surface area contributed by atoms with Crippen LogP contribution in [0.2, 0.25) is 0 Å². The highest BCUT2D eigenvalue weighted by Gasteiger charge is 2.30. The van der Waals surface area contributed by atoms with Gasteiger partial charge in [-0.05, 0) is 48.2 Å². The molecule has 0 amide bonds. The predicted octanol–water partition coefficient (Wildman–Crippen LogP) is 4.13. The standard InChI is InChI=1S/C18H20F3N3O2.HI/c1-11-7-14(8-12(2)16(11)25)10-24-17(22)23-9-13-3-5-15(6-4-13)26-18(19,20)21;/h3-8,25H,9-10H2,1-2H3,(H3,22,23,24);1H. The third-order valence-corrected chi connectivity index (χ3v) is 3.61. The normalized spacial score (nSPS) is 11.7. The number of nitrogens with one attached hydrogen (secondary N) is 1. The molecule has 0 bridgehead atoms. The van der Waals surface area contributed by atoms with Crippen molar-refractivity contribution >= 4 is 29.9 Å². The number of hydrogen-bond acceptors (Lipinski definition) is 3. The van der Waals surface area contributed by atoms with Crippen molar-refractivity contribution in [2.24, 2.45) is 10.7 Å². The van der Waals surface area contributed by atoms with E-state index in [2.05, 4.69) is 15.0 Å². The Kier molecular flexibility index (Phi) is 8.20. The Morgan fingerprint density at radius 3 is 2.19 bits per heavy atom. The minimum Gasteiger partial charge on any atom is -0.507 e. The van der Waals surface area contributed by atoms with Gasteiger partial charge in [0.05, 0.1) is 6.54 Å². The van der Waals surface area contributed by atoms with Gasteiger partial charge < -0.3 is 20.9 Å². The number of aromatic hydroxyl groups is 1. The Hall–Kier alpha value is -2.17. The Balaban J connectivity index is 0.00000364. The molecule has 2 aromatic carbocycles. The summed E-state index contributed by atoms with van der Waals surface area (Å²) in [5.74, 6) is 0.201. The summed E-state index contributed by atoms with van der Waals surface area (Å²) in [6.07, 6.45) is -4.71. The van der Waals surface area contributed by atoms with Crippen molar-refractivity contribution in [1.82, 2.24) is 5.32 Å². The van der Waals surface area contributed by atoms with Crippen LogP contribution in [0.4, 0.5) is 13.2 Å². The number of nitrogens with zero attached hydrogens (tertiary/aromatic N) is 1. The molecule has 0 saturated carbocycles. The van der Waals surface area contributed by atoms with E-state index in [0.29, 0.717) is 13.1 Å². The maximum Gasteiger partial charge on any atom is 0.573 e. The second-order valence-electron chi connectivity index (χ2n) is 5.82. The maximum absolute atomic E-state index is 12.1. The van der Waals surface area contributed by atoms with Gasteiger partial charge in [-0.25, -0.2) is 4.99 Å². The topological polar surface area (TPSA) is 79.9 Å². The van der Waals surface area contributed by atoms with E-state index >= 15 is 0 Å². The smallest absolute Gasteiger partial charge is 0.507 e. The first-order chi connectivity index (χ1) is 12.1. The molecule has 0 aliphatic heterocycles. The van der Waals surface area contributed by atoms with Gasteiger partial charge in [0, 0.05) is 6.54 Å². The molecule has 2 aromatic rings. The summed E-state index contributed by atoms with van der Waals surface area (Å²) in [6, 6.07) is 9.15. The molecule has 0 spiro atoms. The highest BCUT2D eigenvalue weighted by atomic mass is 127. The lowest BCUT2D eigenvalue weighted by molar-refractivity contribution is -0.274. The monoisotopic (exact) mass is 495 g/mol. The van der Waals surface area contributed by atoms with Crippen molar-refractivity contribution in [2.45, 2.75) is 33.3 Å². The van der Waals surface area contributed by atoms with Crippen LogP contribution in [0.3, 0.4) is 0 Å². The summed E-state index contributed by atoms with van der Waals surface area (Å²) in [5, 5.41) is 12.6. The van der Waals surface area contributed by atoms with E-state index in [9.17, 15) is 18.3 Å². The van der Waals surface area contributed by atoms with Crippen LogP contribution in [0.5, 0.6) is 11.5 Å². The van der Waals surface area contributed by atoms with Crippen LogP contribution in [0.1, 0.15) is 22.3 Å². The van der Waals surface area contributed by atoms with Crippen molar-refractivity contribution in [1.29, 1.82) is 0 Å². The van der Waals surface area contributed by atoms with Crippen LogP contribution in [-0.2, 0) is 13.1 Å². The number of benzene rings is 2. The lowest BCUT2D eigenvalue weighted by atomic mass is 10.1. The minimum absolute atomic E-state index is 0. The first-order valence-electron chi connectivity index (χ1n) is 7.81. The number of aryl methyl sites for hydroxylation is 2. The SMILES string of the molecule is Cc1cc(CN=C(N)NCc2ccc(OC(F)(F)F)cc2)cc(C)c1O.I. The van der Waals surface area contributed by atoms with Crippen LogP contribution >= 0.6 is 24.0 Å². The first kappa shape index (κ1) is 22.9. The van der Waals surface area contributed by atoms with Gasteiger partial charge >= 0.3 is 6.36 Å². The van der Waals surface area contributed by atoms with Gasteiger partial charge in [0.15, 0.2) is 5.96 Å². The van der Waals surface area contributed by atoms with Crippen LogP contribution in [0, 0.1) is 13.8 Å². The van der Waals surface area contributed by atoms with Crippen molar-refractivity contribution in [3.05, 3.63) is 58.7 Å². The number of nitrogens with two attached hydrogens (primary N) is 1. The fourth-order valence-corrected chi connectivity index (χ4v) is 2.37. The van der Waals surface area contributed by atoms with E-state index in [1.807, 2.05) is 26.0 Å². The van der Waals surface area contributed by atoms with Crippen molar-refractivity contribution in [3.8, 4) is 11.5 Å². The lowest BCUT2D eigenvalue weighted by Gasteiger charge is -2.10. The fourth-order valence-electron chi connectivity index (χ4n) is 2.37. The lowest BCUT2D eigenvalue weighted by Crippen LogP contribution is -2.31. The second kappa shape index (κ2) is 9.67. The average molecular weight is 495 g/mol. The van der Waals surface area contributed by atoms with Crippen LogP contribution in [-0.4, -0.2) is 17.4 Å². The van der Waals surface area contributed by atoms with Gasteiger partial charge in [0.25, 0.3) is 0 Å². The summed E-state index contributed by atoms with van der Waals surface area (Å²) >= 11 is 0. The number of aliphatic imine (C=N–C) groups is 1. The molecule has 0 heterocycles. The van der Waals surface area contributed by atoms with Crippen LogP contribution in [0.15, 0.2) is 41.4 Å². The predicted molar refractivity (Wildman–Crippen MR) is 108 cm³/mol.